The maximum Gasteiger partial charge on any atom is 0.142 e. The predicted molar refractivity (Wildman–Crippen MR) is 92.0 cm³/mol. The Balaban J connectivity index is 2.43. The number of nitrogen functional groups attached to an aromatic ring is 1. The van der Waals surface area contributed by atoms with Crippen LogP contribution in [0.2, 0.25) is 0 Å². The van der Waals surface area contributed by atoms with Crippen LogP contribution in [-0.4, -0.2) is 30.6 Å². The molecule has 0 aliphatic heterocycles. The number of hydrogen-bond acceptors (Lipinski definition) is 3. The summed E-state index contributed by atoms with van der Waals surface area (Å²) in [5.41, 5.74) is 8.11. The Morgan fingerprint density at radius 1 is 1.14 bits per heavy atom. The maximum absolute atomic E-state index is 6.06. The third-order valence-corrected chi connectivity index (χ3v) is 3.65. The minimum Gasteiger partial charge on any atom is -0.489 e. The summed E-state index contributed by atoms with van der Waals surface area (Å²) >= 11 is 0. The summed E-state index contributed by atoms with van der Waals surface area (Å²) in [5.74, 6) is 0.798. The van der Waals surface area contributed by atoms with Crippen LogP contribution in [0, 0.1) is 0 Å². The molecule has 21 heavy (non-hydrogen) atoms. The van der Waals surface area contributed by atoms with E-state index in [4.69, 9.17) is 10.5 Å². The standard InChI is InChI=1S/C18H32N2O/c1-5-7-12-20(6-2)13-8-9-16-10-11-18(17(19)14-16)21-15(3)4/h10-11,14-15H,5-9,12-13,19H2,1-4H3. The molecule has 0 bridgehead atoms. The van der Waals surface area contributed by atoms with Crippen LogP contribution in [0.4, 0.5) is 5.69 Å². The van der Waals surface area contributed by atoms with E-state index in [2.05, 4.69) is 30.9 Å². The Bertz CT molecular complexity index is 404. The van der Waals surface area contributed by atoms with Gasteiger partial charge in [0.15, 0.2) is 0 Å². The van der Waals surface area contributed by atoms with Crippen molar-refractivity contribution in [3.63, 3.8) is 0 Å². The number of hydrogen-bond donors (Lipinski definition) is 1. The van der Waals surface area contributed by atoms with Crippen molar-refractivity contribution in [1.29, 1.82) is 0 Å². The lowest BCUT2D eigenvalue weighted by atomic mass is 10.1. The first kappa shape index (κ1) is 17.8. The van der Waals surface area contributed by atoms with Gasteiger partial charge in [0.05, 0.1) is 11.8 Å². The number of nitrogens with zero attached hydrogens (tertiary/aromatic N) is 1. The smallest absolute Gasteiger partial charge is 0.142 e. The highest BCUT2D eigenvalue weighted by molar-refractivity contribution is 5.54. The molecule has 0 saturated carbocycles. The molecule has 3 nitrogen and oxygen atoms in total. The van der Waals surface area contributed by atoms with Crippen molar-refractivity contribution in [3.8, 4) is 5.75 Å². The molecule has 0 unspecified atom stereocenters. The summed E-state index contributed by atoms with van der Waals surface area (Å²) in [4.78, 5) is 2.53. The van der Waals surface area contributed by atoms with Gasteiger partial charge in [-0.15, -0.1) is 0 Å². The Hall–Kier alpha value is -1.22. The summed E-state index contributed by atoms with van der Waals surface area (Å²) in [7, 11) is 0. The Morgan fingerprint density at radius 3 is 2.43 bits per heavy atom. The molecule has 2 N–H and O–H groups in total. The average Bonchev–Trinajstić information content (AvgIpc) is 2.45. The lowest BCUT2D eigenvalue weighted by Crippen LogP contribution is -2.26. The number of ether oxygens (including phenoxy) is 1. The van der Waals surface area contributed by atoms with E-state index >= 15 is 0 Å². The SMILES string of the molecule is CCCCN(CC)CCCc1ccc(OC(C)C)c(N)c1. The molecule has 3 heteroatoms. The van der Waals surface area contributed by atoms with Gasteiger partial charge < -0.3 is 15.4 Å². The van der Waals surface area contributed by atoms with Crippen LogP contribution in [0.25, 0.3) is 0 Å². The predicted octanol–water partition coefficient (Wildman–Crippen LogP) is 4.11. The van der Waals surface area contributed by atoms with Gasteiger partial charge in [-0.25, -0.2) is 0 Å². The minimum atomic E-state index is 0.162. The highest BCUT2D eigenvalue weighted by Gasteiger charge is 2.05. The number of aryl methyl sites for hydroxylation is 1. The quantitative estimate of drug-likeness (QED) is 0.660. The molecule has 0 saturated heterocycles. The van der Waals surface area contributed by atoms with Crippen LogP contribution in [0.5, 0.6) is 5.75 Å². The molecule has 0 aromatic heterocycles. The molecule has 0 radical (unpaired) electrons. The fourth-order valence-corrected chi connectivity index (χ4v) is 2.43. The van der Waals surface area contributed by atoms with Crippen LogP contribution in [0.3, 0.4) is 0 Å². The van der Waals surface area contributed by atoms with Crippen molar-refractivity contribution in [1.82, 2.24) is 4.90 Å². The van der Waals surface area contributed by atoms with E-state index in [1.54, 1.807) is 0 Å². The summed E-state index contributed by atoms with van der Waals surface area (Å²) in [6.45, 7) is 12.1. The van der Waals surface area contributed by atoms with Crippen molar-refractivity contribution < 1.29 is 4.74 Å². The van der Waals surface area contributed by atoms with Crippen molar-refractivity contribution in [2.45, 2.75) is 59.5 Å². The Labute approximate surface area is 130 Å². The first-order valence-corrected chi connectivity index (χ1v) is 8.34. The first-order chi connectivity index (χ1) is 10.1. The van der Waals surface area contributed by atoms with E-state index in [1.807, 2.05) is 19.9 Å². The van der Waals surface area contributed by atoms with Gasteiger partial charge in [-0.2, -0.15) is 0 Å². The van der Waals surface area contributed by atoms with Gasteiger partial charge >= 0.3 is 0 Å². The van der Waals surface area contributed by atoms with Crippen LogP contribution in [0.1, 0.15) is 52.5 Å². The number of benzene rings is 1. The second-order valence-electron chi connectivity index (χ2n) is 5.93. The molecular weight excluding hydrogens is 260 g/mol. The average molecular weight is 292 g/mol. The summed E-state index contributed by atoms with van der Waals surface area (Å²) in [5, 5.41) is 0. The number of anilines is 1. The van der Waals surface area contributed by atoms with Crippen LogP contribution in [0.15, 0.2) is 18.2 Å². The van der Waals surface area contributed by atoms with Crippen molar-refractivity contribution in [2.75, 3.05) is 25.4 Å². The fourth-order valence-electron chi connectivity index (χ4n) is 2.43. The Morgan fingerprint density at radius 2 is 1.86 bits per heavy atom. The van der Waals surface area contributed by atoms with Crippen LogP contribution < -0.4 is 10.5 Å². The van der Waals surface area contributed by atoms with E-state index in [1.165, 1.54) is 37.9 Å². The highest BCUT2D eigenvalue weighted by atomic mass is 16.5. The summed E-state index contributed by atoms with van der Waals surface area (Å²) < 4.78 is 5.67. The lowest BCUT2D eigenvalue weighted by molar-refractivity contribution is 0.244. The summed E-state index contributed by atoms with van der Waals surface area (Å²) in [6, 6.07) is 6.19. The molecule has 1 aromatic rings. The molecule has 0 aliphatic carbocycles. The molecule has 0 fully saturated rings. The van der Waals surface area contributed by atoms with Gasteiger partial charge in [-0.3, -0.25) is 0 Å². The second-order valence-corrected chi connectivity index (χ2v) is 5.93. The van der Waals surface area contributed by atoms with Crippen molar-refractivity contribution in [2.24, 2.45) is 0 Å². The van der Waals surface area contributed by atoms with Gasteiger partial charge in [0.2, 0.25) is 0 Å². The fraction of sp³-hybridized carbons (Fsp3) is 0.667. The van der Waals surface area contributed by atoms with Gasteiger partial charge in [0.25, 0.3) is 0 Å². The van der Waals surface area contributed by atoms with Gasteiger partial charge in [0, 0.05) is 0 Å². The molecule has 0 heterocycles. The second kappa shape index (κ2) is 9.67. The third-order valence-electron chi connectivity index (χ3n) is 3.65. The molecule has 0 amide bonds. The molecule has 120 valence electrons. The molecule has 1 aromatic carbocycles. The molecule has 0 atom stereocenters. The van der Waals surface area contributed by atoms with Gasteiger partial charge in [-0.05, 0) is 70.4 Å². The maximum atomic E-state index is 6.06. The van der Waals surface area contributed by atoms with E-state index in [-0.39, 0.29) is 6.10 Å². The third kappa shape index (κ3) is 6.85. The molecule has 0 spiro atoms. The first-order valence-electron chi connectivity index (χ1n) is 8.34. The largest absolute Gasteiger partial charge is 0.489 e. The van der Waals surface area contributed by atoms with Crippen LogP contribution >= 0.6 is 0 Å². The molecule has 0 aliphatic rings. The van der Waals surface area contributed by atoms with E-state index in [0.717, 1.165) is 24.4 Å². The van der Waals surface area contributed by atoms with Gasteiger partial charge in [0.1, 0.15) is 5.75 Å². The zero-order valence-corrected chi connectivity index (χ0v) is 14.2. The summed E-state index contributed by atoms with van der Waals surface area (Å²) in [6.07, 6.45) is 4.98. The van der Waals surface area contributed by atoms with E-state index < -0.39 is 0 Å². The number of unbranched alkanes of at least 4 members (excludes halogenated alkanes) is 1. The monoisotopic (exact) mass is 292 g/mol. The normalized spacial score (nSPS) is 11.3. The van der Waals surface area contributed by atoms with Crippen molar-refractivity contribution in [3.05, 3.63) is 23.8 Å². The highest BCUT2D eigenvalue weighted by Crippen LogP contribution is 2.24. The molecule has 1 rings (SSSR count). The number of rotatable bonds is 10. The van der Waals surface area contributed by atoms with Gasteiger partial charge in [-0.1, -0.05) is 26.3 Å². The van der Waals surface area contributed by atoms with Crippen molar-refractivity contribution >= 4 is 5.69 Å². The topological polar surface area (TPSA) is 38.5 Å². The lowest BCUT2D eigenvalue weighted by Gasteiger charge is -2.20. The zero-order chi connectivity index (χ0) is 15.7. The minimum absolute atomic E-state index is 0.162. The Kier molecular flexibility index (Phi) is 8.21. The van der Waals surface area contributed by atoms with E-state index in [9.17, 15) is 0 Å². The number of nitrogens with two attached hydrogens (primary N) is 1. The zero-order valence-electron chi connectivity index (χ0n) is 14.2. The molecular formula is C18H32N2O. The van der Waals surface area contributed by atoms with Crippen LogP contribution in [-0.2, 0) is 6.42 Å². The van der Waals surface area contributed by atoms with E-state index in [0.29, 0.717) is 0 Å².